The van der Waals surface area contributed by atoms with Crippen molar-refractivity contribution in [3.63, 3.8) is 0 Å². The topological polar surface area (TPSA) is 183 Å². The molecule has 1 aliphatic carbocycles. The van der Waals surface area contributed by atoms with E-state index in [1.807, 2.05) is 19.2 Å². The van der Waals surface area contributed by atoms with Crippen LogP contribution in [0.25, 0.3) is 0 Å². The molecular formula is C31H38IN5O8S2. The fourth-order valence-electron chi connectivity index (χ4n) is 6.16. The lowest BCUT2D eigenvalue weighted by molar-refractivity contribution is -0.917. The zero-order valence-electron chi connectivity index (χ0n) is 26.1. The normalized spacial score (nSPS) is 27.1. The third-order valence-electron chi connectivity index (χ3n) is 8.66. The van der Waals surface area contributed by atoms with Crippen LogP contribution in [0.2, 0.25) is 0 Å². The summed E-state index contributed by atoms with van der Waals surface area (Å²) in [6.07, 6.45) is 3.78. The number of benzene rings is 1. The van der Waals surface area contributed by atoms with Crippen LogP contribution < -0.4 is 39.8 Å². The molecular weight excluding hydrogens is 761 g/mol. The van der Waals surface area contributed by atoms with Gasteiger partial charge in [-0.2, -0.15) is 11.8 Å². The van der Waals surface area contributed by atoms with Crippen molar-refractivity contribution >= 4 is 51.6 Å². The van der Waals surface area contributed by atoms with E-state index in [1.54, 1.807) is 36.8 Å². The van der Waals surface area contributed by atoms with Gasteiger partial charge in [0.25, 0.3) is 5.91 Å². The van der Waals surface area contributed by atoms with Crippen molar-refractivity contribution in [1.29, 1.82) is 0 Å². The van der Waals surface area contributed by atoms with E-state index in [1.165, 1.54) is 18.9 Å². The SMILES string of the molecule is CO/N=C(\C(=O)N[C@@H]1C(=O)C2C(C(=O)OCc3ccc(OC)cc3)=C(/C=C/C[N+]3(C)C[C@H](O)C[C@H]3CO)CS[C@@H]21)c1csc(N)n1.[I-]. The van der Waals surface area contributed by atoms with Crippen molar-refractivity contribution < 1.29 is 67.4 Å². The number of oxime groups is 1. The number of aromatic nitrogens is 1. The number of anilines is 1. The number of hydrogen-bond acceptors (Lipinski definition) is 13. The summed E-state index contributed by atoms with van der Waals surface area (Å²) in [5.74, 6) is -1.27. The molecule has 0 radical (unpaired) electrons. The number of halogens is 1. The molecule has 2 fully saturated rings. The molecule has 0 bridgehead atoms. The summed E-state index contributed by atoms with van der Waals surface area (Å²) in [5, 5.41) is 28.0. The number of nitrogens with zero attached hydrogens (tertiary/aromatic N) is 3. The standard InChI is InChI=1S/C31H37N5O8S2.HI/c1-36(12-20(38)11-19(36)13-37)10-4-5-18-15-45-28-24(23(18)30(41)44-14-17-6-8-21(42-2)9-7-17)27(39)26(28)34-29(40)25(35-43-3)22-16-46-31(32)33-22;/h4-9,16,19-20,24,26,28,37-38H,10-15H2,1-3H3,(H2-,32,33,34,40);1H/b5-4+,35-25-;/t19-,20+,24?,26+,28-,36?;/m0./s1. The van der Waals surface area contributed by atoms with Crippen LogP contribution in [0.15, 0.2) is 58.1 Å². The molecule has 2 aromatic rings. The Balaban J connectivity index is 0.00000500. The first kappa shape index (κ1) is 36.8. The number of nitrogens with one attached hydrogen (secondary N) is 1. The Hall–Kier alpha value is -3.03. The summed E-state index contributed by atoms with van der Waals surface area (Å²) < 4.78 is 11.4. The minimum absolute atomic E-state index is 0. The molecule has 47 heavy (non-hydrogen) atoms. The molecule has 2 unspecified atom stereocenters. The van der Waals surface area contributed by atoms with Crippen LogP contribution in [0.4, 0.5) is 5.13 Å². The van der Waals surface area contributed by atoms with Gasteiger partial charge >= 0.3 is 5.97 Å². The van der Waals surface area contributed by atoms with E-state index in [0.717, 1.165) is 16.9 Å². The number of esters is 1. The number of carbonyl (C=O) groups excluding carboxylic acids is 3. The number of likely N-dealkylation sites (tertiary alicyclic amines) is 1. The highest BCUT2D eigenvalue weighted by molar-refractivity contribution is 8.00. The van der Waals surface area contributed by atoms with Crippen LogP contribution in [-0.2, 0) is 30.6 Å². The third kappa shape index (κ3) is 8.00. The highest BCUT2D eigenvalue weighted by Gasteiger charge is 2.56. The minimum Gasteiger partial charge on any atom is -1.00 e. The molecule has 1 amide bonds. The molecule has 13 nitrogen and oxygen atoms in total. The van der Waals surface area contributed by atoms with Crippen molar-refractivity contribution in [2.45, 2.75) is 36.5 Å². The number of aliphatic hydroxyl groups is 2. The molecule has 3 heterocycles. The number of quaternary nitrogens is 1. The number of methoxy groups -OCH3 is 1. The largest absolute Gasteiger partial charge is 1.00 e. The van der Waals surface area contributed by atoms with Gasteiger partial charge in [-0.3, -0.25) is 9.59 Å². The molecule has 1 saturated carbocycles. The highest BCUT2D eigenvalue weighted by atomic mass is 127. The van der Waals surface area contributed by atoms with Crippen LogP contribution in [0, 0.1) is 5.92 Å². The zero-order chi connectivity index (χ0) is 33.0. The lowest BCUT2D eigenvalue weighted by Crippen LogP contribution is -3.00. The van der Waals surface area contributed by atoms with E-state index in [0.29, 0.717) is 41.1 Å². The molecule has 1 saturated heterocycles. The predicted octanol–water partition coefficient (Wildman–Crippen LogP) is -1.94. The number of fused-ring (bicyclic) bond motifs is 1. The average Bonchev–Trinajstić information content (AvgIpc) is 3.61. The molecule has 254 valence electrons. The van der Waals surface area contributed by atoms with Gasteiger partial charge in [0.05, 0.1) is 38.8 Å². The molecule has 5 rings (SSSR count). The number of thiazole rings is 1. The fraction of sp³-hybridized carbons (Fsp3) is 0.452. The first-order chi connectivity index (χ1) is 22.1. The van der Waals surface area contributed by atoms with E-state index in [4.69, 9.17) is 20.0 Å². The van der Waals surface area contributed by atoms with Crippen molar-refractivity contribution in [2.75, 3.05) is 52.5 Å². The number of carbonyl (C=O) groups is 3. The molecule has 3 aliphatic rings. The van der Waals surface area contributed by atoms with E-state index in [9.17, 15) is 24.6 Å². The number of likely N-dealkylation sites (N-methyl/N-ethyl adjacent to an activating group) is 1. The predicted molar refractivity (Wildman–Crippen MR) is 173 cm³/mol. The smallest absolute Gasteiger partial charge is 0.335 e. The fourth-order valence-corrected chi connectivity index (χ4v) is 8.19. The summed E-state index contributed by atoms with van der Waals surface area (Å²) in [5.41, 5.74) is 7.52. The van der Waals surface area contributed by atoms with Gasteiger partial charge in [0.2, 0.25) is 0 Å². The number of thioether (sulfide) groups is 1. The average molecular weight is 800 g/mol. The van der Waals surface area contributed by atoms with Gasteiger partial charge < -0.3 is 64.0 Å². The molecule has 6 atom stereocenters. The maximum atomic E-state index is 13.7. The molecule has 0 spiro atoms. The van der Waals surface area contributed by atoms with Gasteiger partial charge in [-0.25, -0.2) is 9.78 Å². The molecule has 5 N–H and O–H groups in total. The summed E-state index contributed by atoms with van der Waals surface area (Å²) in [6, 6.07) is 6.16. The number of nitrogens with two attached hydrogens (primary N) is 1. The number of nitrogen functional groups attached to an aromatic ring is 1. The van der Waals surface area contributed by atoms with E-state index in [2.05, 4.69) is 15.5 Å². The summed E-state index contributed by atoms with van der Waals surface area (Å²) in [7, 11) is 4.85. The second-order valence-electron chi connectivity index (χ2n) is 11.6. The van der Waals surface area contributed by atoms with E-state index < -0.39 is 35.2 Å². The van der Waals surface area contributed by atoms with Gasteiger partial charge in [0.1, 0.15) is 49.9 Å². The minimum atomic E-state index is -0.865. The quantitative estimate of drug-likeness (QED) is 0.0617. The Bertz CT molecular complexity index is 1560. The summed E-state index contributed by atoms with van der Waals surface area (Å²) in [6.45, 7) is 0.988. The monoisotopic (exact) mass is 799 g/mol. The first-order valence-corrected chi connectivity index (χ1v) is 16.6. The number of allylic oxidation sites excluding steroid dienone is 1. The number of ether oxygens (including phenoxy) is 2. The Kier molecular flexibility index (Phi) is 12.5. The van der Waals surface area contributed by atoms with Crippen molar-refractivity contribution in [3.8, 4) is 5.75 Å². The van der Waals surface area contributed by atoms with Crippen LogP contribution in [-0.4, -0.2) is 113 Å². The maximum absolute atomic E-state index is 13.7. The lowest BCUT2D eigenvalue weighted by Gasteiger charge is -2.46. The van der Waals surface area contributed by atoms with Crippen LogP contribution in [0.1, 0.15) is 17.7 Å². The van der Waals surface area contributed by atoms with Gasteiger partial charge in [-0.05, 0) is 29.3 Å². The number of ketones is 1. The molecule has 1 aromatic heterocycles. The van der Waals surface area contributed by atoms with Crippen LogP contribution in [0.3, 0.4) is 0 Å². The van der Waals surface area contributed by atoms with E-state index in [-0.39, 0.29) is 71.1 Å². The van der Waals surface area contributed by atoms with Gasteiger partial charge in [0.15, 0.2) is 16.6 Å². The Labute approximate surface area is 297 Å². The van der Waals surface area contributed by atoms with Gasteiger partial charge in [0, 0.05) is 22.8 Å². The van der Waals surface area contributed by atoms with Crippen LogP contribution in [0.5, 0.6) is 5.75 Å². The van der Waals surface area contributed by atoms with Crippen molar-refractivity contribution in [2.24, 2.45) is 11.1 Å². The van der Waals surface area contributed by atoms with Gasteiger partial charge in [-0.1, -0.05) is 23.4 Å². The zero-order valence-corrected chi connectivity index (χ0v) is 29.9. The van der Waals surface area contributed by atoms with Gasteiger partial charge in [-0.15, -0.1) is 11.3 Å². The number of rotatable bonds is 12. The molecule has 1 aromatic carbocycles. The maximum Gasteiger partial charge on any atom is 0.335 e. The number of aliphatic hydroxyl groups excluding tert-OH is 2. The number of amides is 1. The second-order valence-corrected chi connectivity index (χ2v) is 13.7. The Morgan fingerprint density at radius 3 is 2.64 bits per heavy atom. The Morgan fingerprint density at radius 2 is 2.00 bits per heavy atom. The van der Waals surface area contributed by atoms with Crippen molar-refractivity contribution in [1.82, 2.24) is 10.3 Å². The van der Waals surface area contributed by atoms with Crippen molar-refractivity contribution in [3.05, 3.63) is 64.2 Å². The molecule has 16 heteroatoms. The van der Waals surface area contributed by atoms with E-state index >= 15 is 0 Å². The number of Topliss-reactive ketones (excluding diaryl/α,β-unsaturated/α-hetero) is 1. The summed E-state index contributed by atoms with van der Waals surface area (Å²) in [4.78, 5) is 49.4. The van der Waals surface area contributed by atoms with Crippen LogP contribution >= 0.6 is 23.1 Å². The second kappa shape index (κ2) is 15.9. The number of hydrogen-bond donors (Lipinski definition) is 4. The first-order valence-electron chi connectivity index (χ1n) is 14.7. The highest BCUT2D eigenvalue weighted by Crippen LogP contribution is 2.46. The summed E-state index contributed by atoms with van der Waals surface area (Å²) >= 11 is 2.61. The lowest BCUT2D eigenvalue weighted by atomic mass is 9.71. The Morgan fingerprint density at radius 1 is 1.26 bits per heavy atom. The molecule has 2 aliphatic heterocycles. The third-order valence-corrected chi connectivity index (χ3v) is 10.7.